The van der Waals surface area contributed by atoms with Gasteiger partial charge in [0.15, 0.2) is 5.69 Å². The number of anilines is 1. The summed E-state index contributed by atoms with van der Waals surface area (Å²) in [6, 6.07) is -0.201. The predicted octanol–water partition coefficient (Wildman–Crippen LogP) is 2.12. The molecule has 0 aromatic carbocycles. The summed E-state index contributed by atoms with van der Waals surface area (Å²) in [5.74, 6) is -0.849. The third kappa shape index (κ3) is 3.73. The minimum Gasteiger partial charge on any atom is -0.467 e. The molecule has 0 aliphatic rings. The lowest BCUT2D eigenvalue weighted by molar-refractivity contribution is -0.141. The van der Waals surface area contributed by atoms with Gasteiger partial charge in [-0.05, 0) is 18.5 Å². The highest BCUT2D eigenvalue weighted by atomic mass is 35.5. The molecule has 1 rings (SSSR count). The summed E-state index contributed by atoms with van der Waals surface area (Å²) in [5.41, 5.74) is -1.19. The summed E-state index contributed by atoms with van der Waals surface area (Å²) in [5, 5.41) is 1.87. The Labute approximate surface area is 105 Å². The van der Waals surface area contributed by atoms with Crippen LogP contribution in [-0.2, 0) is 15.7 Å². The van der Waals surface area contributed by atoms with Crippen LogP contribution in [-0.4, -0.2) is 29.1 Å². The number of carbonyl (C=O) groups is 1. The van der Waals surface area contributed by atoms with Crippen LogP contribution < -0.4 is 5.32 Å². The number of hydrogen-bond acceptors (Lipinski definition) is 5. The molecule has 100 valence electrons. The van der Waals surface area contributed by atoms with Gasteiger partial charge in [-0.3, -0.25) is 0 Å². The van der Waals surface area contributed by atoms with E-state index in [-0.39, 0.29) is 5.82 Å². The molecule has 1 N–H and O–H groups in total. The van der Waals surface area contributed by atoms with E-state index in [4.69, 9.17) is 11.6 Å². The second kappa shape index (κ2) is 5.38. The van der Waals surface area contributed by atoms with E-state index >= 15 is 0 Å². The van der Waals surface area contributed by atoms with Crippen molar-refractivity contribution in [2.24, 2.45) is 0 Å². The van der Waals surface area contributed by atoms with Crippen LogP contribution in [0.2, 0.25) is 5.28 Å². The molecule has 1 unspecified atom stereocenters. The highest BCUT2D eigenvalue weighted by Crippen LogP contribution is 2.29. The van der Waals surface area contributed by atoms with Crippen LogP contribution in [0.15, 0.2) is 6.07 Å². The van der Waals surface area contributed by atoms with Crippen molar-refractivity contribution >= 4 is 23.4 Å². The molecule has 0 aliphatic heterocycles. The van der Waals surface area contributed by atoms with Crippen LogP contribution in [0.5, 0.6) is 0 Å². The normalized spacial score (nSPS) is 13.0. The average Bonchev–Trinajstić information content (AvgIpc) is 2.25. The van der Waals surface area contributed by atoms with Crippen molar-refractivity contribution < 1.29 is 22.7 Å². The van der Waals surface area contributed by atoms with Gasteiger partial charge in [0, 0.05) is 6.07 Å². The maximum atomic E-state index is 12.4. The summed E-state index contributed by atoms with van der Waals surface area (Å²) < 4.78 is 41.7. The quantitative estimate of drug-likeness (QED) is 0.680. The molecule has 0 saturated heterocycles. The highest BCUT2D eigenvalue weighted by molar-refractivity contribution is 6.28. The fourth-order valence-electron chi connectivity index (χ4n) is 1.09. The Morgan fingerprint density at radius 1 is 1.50 bits per heavy atom. The largest absolute Gasteiger partial charge is 0.467 e. The molecule has 1 atom stereocenters. The summed E-state index contributed by atoms with van der Waals surface area (Å²) in [6.07, 6.45) is -4.64. The molecule has 0 aliphatic carbocycles. The lowest BCUT2D eigenvalue weighted by Gasteiger charge is -2.13. The number of rotatable bonds is 3. The smallest absolute Gasteiger partial charge is 0.433 e. The van der Waals surface area contributed by atoms with E-state index < -0.39 is 29.2 Å². The van der Waals surface area contributed by atoms with Gasteiger partial charge in [-0.2, -0.15) is 13.2 Å². The number of esters is 1. The van der Waals surface area contributed by atoms with Crippen molar-refractivity contribution in [1.82, 2.24) is 9.97 Å². The van der Waals surface area contributed by atoms with Crippen molar-refractivity contribution in [1.29, 1.82) is 0 Å². The number of carbonyl (C=O) groups excluding carboxylic acids is 1. The Morgan fingerprint density at radius 3 is 2.61 bits per heavy atom. The number of hydrogen-bond donors (Lipinski definition) is 1. The first kappa shape index (κ1) is 14.5. The zero-order chi connectivity index (χ0) is 13.9. The number of halogens is 4. The zero-order valence-corrected chi connectivity index (χ0v) is 10.1. The molecule has 1 aromatic rings. The van der Waals surface area contributed by atoms with Gasteiger partial charge >= 0.3 is 12.1 Å². The third-order valence-corrected chi connectivity index (χ3v) is 2.08. The Hall–Kier alpha value is -1.57. The number of nitrogens with one attached hydrogen (secondary N) is 1. The maximum Gasteiger partial charge on any atom is 0.433 e. The molecule has 0 bridgehead atoms. The van der Waals surface area contributed by atoms with Gasteiger partial charge in [-0.25, -0.2) is 14.8 Å². The van der Waals surface area contributed by atoms with Crippen molar-refractivity contribution in [2.45, 2.75) is 19.1 Å². The zero-order valence-electron chi connectivity index (χ0n) is 9.38. The van der Waals surface area contributed by atoms with E-state index in [0.717, 1.165) is 7.11 Å². The van der Waals surface area contributed by atoms with Gasteiger partial charge in [-0.15, -0.1) is 0 Å². The van der Waals surface area contributed by atoms with Gasteiger partial charge in [-0.1, -0.05) is 0 Å². The molecule has 0 spiro atoms. The molecule has 0 fully saturated rings. The van der Waals surface area contributed by atoms with E-state index in [1.165, 1.54) is 6.92 Å². The maximum absolute atomic E-state index is 12.4. The summed E-state index contributed by atoms with van der Waals surface area (Å²) in [6.45, 7) is 1.41. The molecule has 9 heteroatoms. The Bertz CT molecular complexity index is 453. The van der Waals surface area contributed by atoms with E-state index in [9.17, 15) is 18.0 Å². The van der Waals surface area contributed by atoms with Gasteiger partial charge in [0.2, 0.25) is 5.28 Å². The topological polar surface area (TPSA) is 64.1 Å². The summed E-state index contributed by atoms with van der Waals surface area (Å²) >= 11 is 5.37. The van der Waals surface area contributed by atoms with Crippen LogP contribution in [0.4, 0.5) is 19.0 Å². The van der Waals surface area contributed by atoms with Crippen LogP contribution in [0, 0.1) is 0 Å². The molecule has 18 heavy (non-hydrogen) atoms. The highest BCUT2D eigenvalue weighted by Gasteiger charge is 2.33. The fraction of sp³-hybridized carbons (Fsp3) is 0.444. The minimum absolute atomic E-state index is 0.208. The lowest BCUT2D eigenvalue weighted by atomic mass is 10.3. The molecule has 1 heterocycles. The van der Waals surface area contributed by atoms with Crippen molar-refractivity contribution in [2.75, 3.05) is 12.4 Å². The van der Waals surface area contributed by atoms with Crippen LogP contribution >= 0.6 is 11.6 Å². The molecule has 0 saturated carbocycles. The van der Waals surface area contributed by atoms with E-state index in [2.05, 4.69) is 20.0 Å². The second-order valence-electron chi connectivity index (χ2n) is 3.29. The number of ether oxygens (including phenoxy) is 1. The monoisotopic (exact) mass is 283 g/mol. The van der Waals surface area contributed by atoms with Crippen LogP contribution in [0.25, 0.3) is 0 Å². The van der Waals surface area contributed by atoms with E-state index in [0.29, 0.717) is 6.07 Å². The molecular formula is C9H9ClF3N3O2. The SMILES string of the molecule is COC(=O)C(C)Nc1cc(C(F)(F)F)nc(Cl)n1. The first-order valence-corrected chi connectivity index (χ1v) is 5.08. The number of methoxy groups -OCH3 is 1. The third-order valence-electron chi connectivity index (χ3n) is 1.91. The van der Waals surface area contributed by atoms with Gasteiger partial charge in [0.1, 0.15) is 11.9 Å². The molecule has 0 amide bonds. The number of nitrogens with zero attached hydrogens (tertiary/aromatic N) is 2. The molecule has 0 radical (unpaired) electrons. The summed E-state index contributed by atoms with van der Waals surface area (Å²) in [7, 11) is 1.16. The number of alkyl halides is 3. The second-order valence-corrected chi connectivity index (χ2v) is 3.63. The molecular weight excluding hydrogens is 275 g/mol. The first-order valence-electron chi connectivity index (χ1n) is 4.70. The first-order chi connectivity index (χ1) is 8.24. The summed E-state index contributed by atoms with van der Waals surface area (Å²) in [4.78, 5) is 17.7. The average molecular weight is 284 g/mol. The van der Waals surface area contributed by atoms with Crippen LogP contribution in [0.3, 0.4) is 0 Å². The Kier molecular flexibility index (Phi) is 4.33. The van der Waals surface area contributed by atoms with E-state index in [1.807, 2.05) is 0 Å². The minimum atomic E-state index is -4.64. The van der Waals surface area contributed by atoms with Gasteiger partial charge in [0.25, 0.3) is 0 Å². The Balaban J connectivity index is 2.97. The van der Waals surface area contributed by atoms with Crippen molar-refractivity contribution in [3.05, 3.63) is 17.0 Å². The molecule has 1 aromatic heterocycles. The fourth-order valence-corrected chi connectivity index (χ4v) is 1.28. The molecule has 5 nitrogen and oxygen atoms in total. The Morgan fingerprint density at radius 2 is 2.11 bits per heavy atom. The van der Waals surface area contributed by atoms with Crippen LogP contribution in [0.1, 0.15) is 12.6 Å². The predicted molar refractivity (Wildman–Crippen MR) is 57.1 cm³/mol. The lowest BCUT2D eigenvalue weighted by Crippen LogP contribution is -2.28. The van der Waals surface area contributed by atoms with Crippen molar-refractivity contribution in [3.63, 3.8) is 0 Å². The number of aromatic nitrogens is 2. The van der Waals surface area contributed by atoms with Gasteiger partial charge in [0.05, 0.1) is 7.11 Å². The van der Waals surface area contributed by atoms with Gasteiger partial charge < -0.3 is 10.1 Å². The van der Waals surface area contributed by atoms with E-state index in [1.54, 1.807) is 0 Å². The standard InChI is InChI=1S/C9H9ClF3N3O2/c1-4(7(17)18-2)14-6-3-5(9(11,12)13)15-8(10)16-6/h3-4H,1-2H3,(H,14,15,16). The van der Waals surface area contributed by atoms with Crippen molar-refractivity contribution in [3.8, 4) is 0 Å².